The van der Waals surface area contributed by atoms with E-state index in [1.807, 2.05) is 13.8 Å². The van der Waals surface area contributed by atoms with Crippen LogP contribution in [0.25, 0.3) is 0 Å². The second kappa shape index (κ2) is 5.43. The molecule has 0 atom stereocenters. The van der Waals surface area contributed by atoms with Gasteiger partial charge in [-0.05, 0) is 37.5 Å². The summed E-state index contributed by atoms with van der Waals surface area (Å²) in [7, 11) is 0. The number of nitrogens with one attached hydrogen (secondary N) is 1. The summed E-state index contributed by atoms with van der Waals surface area (Å²) in [4.78, 5) is 0. The fourth-order valence-corrected chi connectivity index (χ4v) is 1.75. The summed E-state index contributed by atoms with van der Waals surface area (Å²) in [6.45, 7) is 5.50. The van der Waals surface area contributed by atoms with Gasteiger partial charge in [-0.1, -0.05) is 19.9 Å². The second-order valence-electron chi connectivity index (χ2n) is 4.19. The van der Waals surface area contributed by atoms with E-state index < -0.39 is 11.7 Å². The zero-order chi connectivity index (χ0) is 13.1. The lowest BCUT2D eigenvalue weighted by atomic mass is 10.1. The number of rotatable bonds is 4. The summed E-state index contributed by atoms with van der Waals surface area (Å²) in [5.41, 5.74) is 0.234. The quantitative estimate of drug-likeness (QED) is 0.816. The van der Waals surface area contributed by atoms with Crippen LogP contribution in [-0.2, 0) is 6.18 Å². The first-order chi connectivity index (χ1) is 7.88. The van der Waals surface area contributed by atoms with Crippen LogP contribution in [0.3, 0.4) is 0 Å². The largest absolute Gasteiger partial charge is 0.416 e. The van der Waals surface area contributed by atoms with Crippen LogP contribution in [0.4, 0.5) is 18.9 Å². The molecule has 0 spiro atoms. The fraction of sp³-hybridized carbons (Fsp3) is 0.538. The molecule has 0 aliphatic rings. The zero-order valence-electron chi connectivity index (χ0n) is 10.4. The number of alkyl halides is 3. The molecular weight excluding hydrogens is 227 g/mol. The predicted octanol–water partition coefficient (Wildman–Crippen LogP) is 4.61. The molecule has 0 unspecified atom stereocenters. The van der Waals surface area contributed by atoms with Crippen LogP contribution in [0.5, 0.6) is 0 Å². The van der Waals surface area contributed by atoms with Gasteiger partial charge in [0.1, 0.15) is 0 Å². The Morgan fingerprint density at radius 1 is 1.18 bits per heavy atom. The van der Waals surface area contributed by atoms with Gasteiger partial charge >= 0.3 is 6.18 Å². The highest BCUT2D eigenvalue weighted by Gasteiger charge is 2.32. The van der Waals surface area contributed by atoms with Crippen LogP contribution in [0, 0.1) is 6.92 Å². The Morgan fingerprint density at radius 2 is 1.76 bits per heavy atom. The smallest absolute Gasteiger partial charge is 0.382 e. The summed E-state index contributed by atoms with van der Waals surface area (Å²) < 4.78 is 38.1. The minimum Gasteiger partial charge on any atom is -0.382 e. The van der Waals surface area contributed by atoms with E-state index >= 15 is 0 Å². The third-order valence-electron chi connectivity index (χ3n) is 2.90. The predicted molar refractivity (Wildman–Crippen MR) is 64.2 cm³/mol. The molecule has 1 aromatic rings. The third kappa shape index (κ3) is 3.65. The molecule has 0 amide bonds. The Balaban J connectivity index is 2.97. The molecule has 17 heavy (non-hydrogen) atoms. The Hall–Kier alpha value is -1.19. The lowest BCUT2D eigenvalue weighted by molar-refractivity contribution is -0.138. The van der Waals surface area contributed by atoms with Crippen LogP contribution in [0.2, 0.25) is 0 Å². The molecule has 96 valence electrons. The average Bonchev–Trinajstić information content (AvgIpc) is 2.26. The molecule has 0 radical (unpaired) electrons. The van der Waals surface area contributed by atoms with Gasteiger partial charge in [0.2, 0.25) is 0 Å². The summed E-state index contributed by atoms with van der Waals surface area (Å²) >= 11 is 0. The highest BCUT2D eigenvalue weighted by molar-refractivity contribution is 5.50. The van der Waals surface area contributed by atoms with Crippen LogP contribution < -0.4 is 5.32 Å². The van der Waals surface area contributed by atoms with Crippen molar-refractivity contribution in [2.45, 2.75) is 45.8 Å². The molecular formula is C13H18F3N. The van der Waals surface area contributed by atoms with Crippen molar-refractivity contribution >= 4 is 5.69 Å². The maximum absolute atomic E-state index is 12.7. The van der Waals surface area contributed by atoms with Gasteiger partial charge in [0.05, 0.1) is 5.56 Å². The molecule has 0 saturated carbocycles. The van der Waals surface area contributed by atoms with Crippen LogP contribution in [-0.4, -0.2) is 6.04 Å². The highest BCUT2D eigenvalue weighted by Crippen LogP contribution is 2.33. The van der Waals surface area contributed by atoms with Crippen molar-refractivity contribution in [3.05, 3.63) is 29.3 Å². The van der Waals surface area contributed by atoms with Crippen molar-refractivity contribution in [2.24, 2.45) is 0 Å². The molecule has 0 bridgehead atoms. The van der Waals surface area contributed by atoms with Gasteiger partial charge < -0.3 is 5.32 Å². The number of benzene rings is 1. The second-order valence-corrected chi connectivity index (χ2v) is 4.19. The van der Waals surface area contributed by atoms with E-state index in [9.17, 15) is 13.2 Å². The normalized spacial score (nSPS) is 11.9. The van der Waals surface area contributed by atoms with Crippen LogP contribution >= 0.6 is 0 Å². The maximum atomic E-state index is 12.7. The molecule has 1 nitrogen and oxygen atoms in total. The molecule has 0 heterocycles. The Kier molecular flexibility index (Phi) is 4.43. The fourth-order valence-electron chi connectivity index (χ4n) is 1.75. The number of aryl methyl sites for hydroxylation is 1. The van der Waals surface area contributed by atoms with Gasteiger partial charge in [0.25, 0.3) is 0 Å². The first-order valence-electron chi connectivity index (χ1n) is 5.82. The van der Waals surface area contributed by atoms with Gasteiger partial charge in [-0.3, -0.25) is 0 Å². The van der Waals surface area contributed by atoms with Crippen LogP contribution in [0.15, 0.2) is 18.2 Å². The number of hydrogen-bond donors (Lipinski definition) is 1. The molecule has 0 aliphatic heterocycles. The molecule has 0 aliphatic carbocycles. The molecule has 4 heteroatoms. The van der Waals surface area contributed by atoms with Crippen molar-refractivity contribution in [1.29, 1.82) is 0 Å². The minimum absolute atomic E-state index is 0.221. The maximum Gasteiger partial charge on any atom is 0.416 e. The Labute approximate surface area is 100 Å². The Morgan fingerprint density at radius 3 is 2.24 bits per heavy atom. The standard InChI is InChI=1S/C13H18F3N/c1-4-10(5-2)17-11-7-6-9(3)12(8-11)13(14,15)16/h6-8,10,17H,4-5H2,1-3H3. The highest BCUT2D eigenvalue weighted by atomic mass is 19.4. The van der Waals surface area contributed by atoms with Gasteiger partial charge in [-0.2, -0.15) is 13.2 Å². The first kappa shape index (κ1) is 13.9. The van der Waals surface area contributed by atoms with E-state index in [-0.39, 0.29) is 11.6 Å². The summed E-state index contributed by atoms with van der Waals surface area (Å²) in [6, 6.07) is 4.61. The van der Waals surface area contributed by atoms with E-state index in [1.54, 1.807) is 6.07 Å². The van der Waals surface area contributed by atoms with Gasteiger partial charge in [-0.25, -0.2) is 0 Å². The molecule has 0 fully saturated rings. The molecule has 1 N–H and O–H groups in total. The monoisotopic (exact) mass is 245 g/mol. The number of halogens is 3. The summed E-state index contributed by atoms with van der Waals surface area (Å²) in [5, 5.41) is 3.12. The number of anilines is 1. The summed E-state index contributed by atoms with van der Waals surface area (Å²) in [5.74, 6) is 0. The van der Waals surface area contributed by atoms with Crippen molar-refractivity contribution < 1.29 is 13.2 Å². The van der Waals surface area contributed by atoms with E-state index in [2.05, 4.69) is 5.32 Å². The lowest BCUT2D eigenvalue weighted by Crippen LogP contribution is -2.17. The summed E-state index contributed by atoms with van der Waals surface area (Å²) in [6.07, 6.45) is -2.49. The van der Waals surface area contributed by atoms with Gasteiger partial charge in [0, 0.05) is 11.7 Å². The van der Waals surface area contributed by atoms with Crippen LogP contribution in [0.1, 0.15) is 37.8 Å². The van der Waals surface area contributed by atoms with E-state index in [0.717, 1.165) is 12.8 Å². The molecule has 1 aromatic carbocycles. The molecule has 1 rings (SSSR count). The third-order valence-corrected chi connectivity index (χ3v) is 2.90. The van der Waals surface area contributed by atoms with Crippen molar-refractivity contribution in [2.75, 3.05) is 5.32 Å². The first-order valence-corrected chi connectivity index (χ1v) is 5.82. The van der Waals surface area contributed by atoms with Crippen molar-refractivity contribution in [1.82, 2.24) is 0 Å². The molecule has 0 saturated heterocycles. The average molecular weight is 245 g/mol. The van der Waals surface area contributed by atoms with Crippen molar-refractivity contribution in [3.8, 4) is 0 Å². The zero-order valence-corrected chi connectivity index (χ0v) is 10.4. The van der Waals surface area contributed by atoms with Crippen molar-refractivity contribution in [3.63, 3.8) is 0 Å². The lowest BCUT2D eigenvalue weighted by Gasteiger charge is -2.18. The Bertz CT molecular complexity index is 367. The van der Waals surface area contributed by atoms with E-state index in [1.165, 1.54) is 19.1 Å². The number of hydrogen-bond acceptors (Lipinski definition) is 1. The van der Waals surface area contributed by atoms with Gasteiger partial charge in [0.15, 0.2) is 0 Å². The SMILES string of the molecule is CCC(CC)Nc1ccc(C)c(C(F)(F)F)c1. The molecule has 0 aromatic heterocycles. The van der Waals surface area contributed by atoms with E-state index in [0.29, 0.717) is 5.69 Å². The minimum atomic E-state index is -4.28. The topological polar surface area (TPSA) is 12.0 Å². The van der Waals surface area contributed by atoms with Gasteiger partial charge in [-0.15, -0.1) is 0 Å². The van der Waals surface area contributed by atoms with E-state index in [4.69, 9.17) is 0 Å².